The number of nitrogens with one attached hydrogen (secondary N) is 1. The van der Waals surface area contributed by atoms with Gasteiger partial charge in [0.05, 0.1) is 0 Å². The summed E-state index contributed by atoms with van der Waals surface area (Å²) in [5.74, 6) is 2.65. The molecule has 0 aliphatic carbocycles. The molecular formula is C18H27N7O. The quantitative estimate of drug-likeness (QED) is 0.874. The number of piperazine rings is 1. The van der Waals surface area contributed by atoms with Crippen LogP contribution in [0, 0.1) is 12.8 Å². The highest BCUT2D eigenvalue weighted by Gasteiger charge is 2.24. The van der Waals surface area contributed by atoms with Crippen molar-refractivity contribution >= 4 is 17.5 Å². The number of nitrogens with zero attached hydrogens (tertiary/aromatic N) is 6. The molecular weight excluding hydrogens is 330 g/mol. The summed E-state index contributed by atoms with van der Waals surface area (Å²) in [6.45, 7) is 7.33. The number of aryl methyl sites for hydroxylation is 1. The van der Waals surface area contributed by atoms with E-state index < -0.39 is 0 Å². The third kappa shape index (κ3) is 3.65. The van der Waals surface area contributed by atoms with Crippen molar-refractivity contribution in [2.24, 2.45) is 5.92 Å². The van der Waals surface area contributed by atoms with Crippen LogP contribution >= 0.6 is 0 Å². The van der Waals surface area contributed by atoms with Gasteiger partial charge in [0.15, 0.2) is 0 Å². The molecule has 8 heteroatoms. The largest absolute Gasteiger partial charge is 0.353 e. The SMILES string of the molecule is Cc1cc(N2CCN(C(=O)CCC3CCNCC3)CC2)n2ncnc2n1. The lowest BCUT2D eigenvalue weighted by atomic mass is 9.93. The first-order valence-corrected chi connectivity index (χ1v) is 9.61. The van der Waals surface area contributed by atoms with E-state index in [2.05, 4.69) is 25.3 Å². The van der Waals surface area contributed by atoms with Gasteiger partial charge in [-0.05, 0) is 45.2 Å². The molecule has 0 bridgehead atoms. The molecule has 0 spiro atoms. The maximum absolute atomic E-state index is 12.6. The molecule has 2 aliphatic rings. The Morgan fingerprint density at radius 3 is 2.77 bits per heavy atom. The van der Waals surface area contributed by atoms with Crippen LogP contribution in [0.25, 0.3) is 5.78 Å². The number of aromatic nitrogens is 4. The second-order valence-corrected chi connectivity index (χ2v) is 7.33. The number of fused-ring (bicyclic) bond motifs is 1. The van der Waals surface area contributed by atoms with Crippen LogP contribution in [-0.4, -0.2) is 69.7 Å². The molecule has 0 radical (unpaired) electrons. The van der Waals surface area contributed by atoms with Crippen molar-refractivity contribution in [2.45, 2.75) is 32.6 Å². The molecule has 0 saturated carbocycles. The fraction of sp³-hybridized carbons (Fsp3) is 0.667. The van der Waals surface area contributed by atoms with Crippen LogP contribution in [-0.2, 0) is 4.79 Å². The van der Waals surface area contributed by atoms with Crippen molar-refractivity contribution in [1.82, 2.24) is 29.8 Å². The second kappa shape index (κ2) is 7.57. The first-order chi connectivity index (χ1) is 12.7. The summed E-state index contributed by atoms with van der Waals surface area (Å²) in [5.41, 5.74) is 0.931. The fourth-order valence-corrected chi connectivity index (χ4v) is 3.98. The molecule has 1 N–H and O–H groups in total. The zero-order valence-corrected chi connectivity index (χ0v) is 15.4. The molecule has 140 valence electrons. The molecule has 2 fully saturated rings. The molecule has 2 aromatic heterocycles. The average molecular weight is 357 g/mol. The lowest BCUT2D eigenvalue weighted by molar-refractivity contribution is -0.131. The smallest absolute Gasteiger partial charge is 0.254 e. The van der Waals surface area contributed by atoms with Gasteiger partial charge in [-0.25, -0.2) is 4.98 Å². The van der Waals surface area contributed by atoms with Crippen LogP contribution in [0.2, 0.25) is 0 Å². The summed E-state index contributed by atoms with van der Waals surface area (Å²) in [7, 11) is 0. The number of anilines is 1. The van der Waals surface area contributed by atoms with Crippen LogP contribution in [0.1, 0.15) is 31.4 Å². The topological polar surface area (TPSA) is 78.7 Å². The van der Waals surface area contributed by atoms with E-state index in [1.165, 1.54) is 19.2 Å². The molecule has 4 heterocycles. The Kier molecular flexibility index (Phi) is 5.01. The van der Waals surface area contributed by atoms with Crippen LogP contribution in [0.4, 0.5) is 5.82 Å². The van der Waals surface area contributed by atoms with Crippen molar-refractivity contribution in [3.8, 4) is 0 Å². The predicted octanol–water partition coefficient (Wildman–Crippen LogP) is 0.861. The highest BCUT2D eigenvalue weighted by molar-refractivity contribution is 5.76. The van der Waals surface area contributed by atoms with E-state index >= 15 is 0 Å². The van der Waals surface area contributed by atoms with Crippen molar-refractivity contribution in [3.05, 3.63) is 18.1 Å². The summed E-state index contributed by atoms with van der Waals surface area (Å²) >= 11 is 0. The zero-order valence-electron chi connectivity index (χ0n) is 15.4. The number of hydrogen-bond acceptors (Lipinski definition) is 6. The van der Waals surface area contributed by atoms with E-state index in [4.69, 9.17) is 0 Å². The second-order valence-electron chi connectivity index (χ2n) is 7.33. The minimum atomic E-state index is 0.306. The maximum atomic E-state index is 12.6. The van der Waals surface area contributed by atoms with Gasteiger partial charge < -0.3 is 15.1 Å². The van der Waals surface area contributed by atoms with Gasteiger partial charge in [-0.15, -0.1) is 0 Å². The van der Waals surface area contributed by atoms with E-state index in [9.17, 15) is 4.79 Å². The monoisotopic (exact) mass is 357 g/mol. The average Bonchev–Trinajstić information content (AvgIpc) is 3.15. The molecule has 1 amide bonds. The predicted molar refractivity (Wildman–Crippen MR) is 99.1 cm³/mol. The van der Waals surface area contributed by atoms with E-state index in [0.29, 0.717) is 24.0 Å². The van der Waals surface area contributed by atoms with Crippen LogP contribution in [0.5, 0.6) is 0 Å². The normalized spacial score (nSPS) is 19.3. The zero-order chi connectivity index (χ0) is 17.9. The van der Waals surface area contributed by atoms with Crippen molar-refractivity contribution in [3.63, 3.8) is 0 Å². The van der Waals surface area contributed by atoms with Gasteiger partial charge in [0.1, 0.15) is 12.1 Å². The minimum Gasteiger partial charge on any atom is -0.353 e. The Morgan fingerprint density at radius 1 is 1.23 bits per heavy atom. The lowest BCUT2D eigenvalue weighted by Gasteiger charge is -2.36. The molecule has 4 rings (SSSR count). The van der Waals surface area contributed by atoms with Crippen molar-refractivity contribution in [1.29, 1.82) is 0 Å². The number of hydrogen-bond donors (Lipinski definition) is 1. The molecule has 0 unspecified atom stereocenters. The van der Waals surface area contributed by atoms with Gasteiger partial charge in [0, 0.05) is 44.4 Å². The highest BCUT2D eigenvalue weighted by Crippen LogP contribution is 2.20. The Morgan fingerprint density at radius 2 is 2.00 bits per heavy atom. The van der Waals surface area contributed by atoms with Crippen molar-refractivity contribution < 1.29 is 4.79 Å². The number of carbonyl (C=O) groups is 1. The third-order valence-corrected chi connectivity index (χ3v) is 5.54. The third-order valence-electron chi connectivity index (χ3n) is 5.54. The van der Waals surface area contributed by atoms with Gasteiger partial charge in [-0.3, -0.25) is 4.79 Å². The van der Waals surface area contributed by atoms with Gasteiger partial charge in [0.25, 0.3) is 5.78 Å². The summed E-state index contributed by atoms with van der Waals surface area (Å²) < 4.78 is 1.78. The van der Waals surface area contributed by atoms with E-state index in [-0.39, 0.29) is 0 Å². The Balaban J connectivity index is 1.33. The Bertz CT molecular complexity index is 760. The molecule has 2 aliphatic heterocycles. The first-order valence-electron chi connectivity index (χ1n) is 9.61. The number of carbonyl (C=O) groups excluding carboxylic acids is 1. The van der Waals surface area contributed by atoms with Gasteiger partial charge in [0.2, 0.25) is 5.91 Å². The van der Waals surface area contributed by atoms with Gasteiger partial charge in [-0.2, -0.15) is 14.6 Å². The van der Waals surface area contributed by atoms with E-state index in [1.807, 2.05) is 17.9 Å². The van der Waals surface area contributed by atoms with Crippen molar-refractivity contribution in [2.75, 3.05) is 44.2 Å². The Labute approximate surface area is 153 Å². The van der Waals surface area contributed by atoms with Gasteiger partial charge >= 0.3 is 0 Å². The molecule has 2 saturated heterocycles. The van der Waals surface area contributed by atoms with E-state index in [0.717, 1.165) is 57.2 Å². The Hall–Kier alpha value is -2.22. The molecule has 2 aromatic rings. The molecule has 0 aromatic carbocycles. The standard InChI is InChI=1S/C18H27N7O/c1-14-12-16(25-18(22-14)20-13-21-25)23-8-10-24(11-9-23)17(26)3-2-15-4-6-19-7-5-15/h12-13,15,19H,2-11H2,1H3. The first kappa shape index (κ1) is 17.2. The lowest BCUT2D eigenvalue weighted by Crippen LogP contribution is -2.49. The summed E-state index contributed by atoms with van der Waals surface area (Å²) in [5, 5.41) is 7.67. The van der Waals surface area contributed by atoms with Crippen LogP contribution in [0.15, 0.2) is 12.4 Å². The summed E-state index contributed by atoms with van der Waals surface area (Å²) in [6.07, 6.45) is 5.66. The number of rotatable bonds is 4. The minimum absolute atomic E-state index is 0.306. The number of piperidine rings is 1. The van der Waals surface area contributed by atoms with E-state index in [1.54, 1.807) is 4.52 Å². The molecule has 0 atom stereocenters. The molecule has 26 heavy (non-hydrogen) atoms. The maximum Gasteiger partial charge on any atom is 0.254 e. The summed E-state index contributed by atoms with van der Waals surface area (Å²) in [4.78, 5) is 25.4. The number of amides is 1. The highest BCUT2D eigenvalue weighted by atomic mass is 16.2. The molecule has 8 nitrogen and oxygen atoms in total. The fourth-order valence-electron chi connectivity index (χ4n) is 3.98. The van der Waals surface area contributed by atoms with Crippen LogP contribution in [0.3, 0.4) is 0 Å². The summed E-state index contributed by atoms with van der Waals surface area (Å²) in [6, 6.07) is 2.04. The van der Waals surface area contributed by atoms with Crippen LogP contribution < -0.4 is 10.2 Å². The van der Waals surface area contributed by atoms with Gasteiger partial charge in [-0.1, -0.05) is 0 Å².